The Kier molecular flexibility index (Phi) is 4.45. The molecule has 0 unspecified atom stereocenters. The number of benzene rings is 2. The van der Waals surface area contributed by atoms with Crippen LogP contribution in [0.15, 0.2) is 42.5 Å². The number of nitrogens with one attached hydrogen (secondary N) is 2. The first-order chi connectivity index (χ1) is 10.2. The van der Waals surface area contributed by atoms with Gasteiger partial charge < -0.3 is 20.1 Å². The number of hydrogen-bond acceptors (Lipinski definition) is 3. The Morgan fingerprint density at radius 2 is 2.00 bits per heavy atom. The van der Waals surface area contributed by atoms with Crippen molar-refractivity contribution in [3.63, 3.8) is 0 Å². The van der Waals surface area contributed by atoms with Crippen molar-refractivity contribution in [2.24, 2.45) is 0 Å². The van der Waals surface area contributed by atoms with Crippen LogP contribution in [0.3, 0.4) is 0 Å². The van der Waals surface area contributed by atoms with E-state index in [1.54, 1.807) is 0 Å². The van der Waals surface area contributed by atoms with Crippen LogP contribution in [0.5, 0.6) is 11.5 Å². The lowest BCUT2D eigenvalue weighted by atomic mass is 10.2. The van der Waals surface area contributed by atoms with Crippen LogP contribution >= 0.6 is 34.8 Å². The summed E-state index contributed by atoms with van der Waals surface area (Å²) in [6.45, 7) is 0.960. The first-order valence-corrected chi connectivity index (χ1v) is 7.88. The summed E-state index contributed by atoms with van der Waals surface area (Å²) in [5, 5.41) is 6.90. The number of fused-ring (bicyclic) bond motifs is 1. The zero-order valence-corrected chi connectivity index (χ0v) is 14.0. The number of ether oxygens (including phenoxy) is 2. The Hall–Kier alpha value is -1.54. The Morgan fingerprint density at radius 3 is 2.86 bits per heavy atom. The number of thiocarbonyl (C=S) groups is 1. The van der Waals surface area contributed by atoms with Gasteiger partial charge in [0, 0.05) is 21.9 Å². The molecule has 2 aromatic carbocycles. The maximum Gasteiger partial charge on any atom is 0.231 e. The SMILES string of the molecule is S=C(NCc1cccc(I)c1)Nc1ccc2c(c1)OCO2. The maximum absolute atomic E-state index is 5.34. The van der Waals surface area contributed by atoms with Crippen molar-refractivity contribution in [3.05, 3.63) is 51.6 Å². The highest BCUT2D eigenvalue weighted by Gasteiger charge is 2.13. The Labute approximate surface area is 142 Å². The van der Waals surface area contributed by atoms with E-state index in [4.69, 9.17) is 21.7 Å². The van der Waals surface area contributed by atoms with Gasteiger partial charge in [-0.05, 0) is 64.6 Å². The van der Waals surface area contributed by atoms with Gasteiger partial charge in [0.2, 0.25) is 6.79 Å². The molecule has 0 atom stereocenters. The highest BCUT2D eigenvalue weighted by Crippen LogP contribution is 2.34. The summed E-state index contributed by atoms with van der Waals surface area (Å²) in [6, 6.07) is 13.9. The summed E-state index contributed by atoms with van der Waals surface area (Å²) >= 11 is 7.60. The predicted molar refractivity (Wildman–Crippen MR) is 94.8 cm³/mol. The van der Waals surface area contributed by atoms with Crippen LogP contribution in [0.4, 0.5) is 5.69 Å². The molecule has 1 heterocycles. The van der Waals surface area contributed by atoms with Crippen LogP contribution in [-0.2, 0) is 6.54 Å². The fourth-order valence-corrected chi connectivity index (χ4v) is 2.78. The van der Waals surface area contributed by atoms with E-state index in [9.17, 15) is 0 Å². The van der Waals surface area contributed by atoms with E-state index >= 15 is 0 Å². The van der Waals surface area contributed by atoms with Crippen molar-refractivity contribution in [3.8, 4) is 11.5 Å². The van der Waals surface area contributed by atoms with Crippen molar-refractivity contribution in [2.75, 3.05) is 12.1 Å². The van der Waals surface area contributed by atoms with E-state index in [0.717, 1.165) is 17.2 Å². The quantitative estimate of drug-likeness (QED) is 0.597. The summed E-state index contributed by atoms with van der Waals surface area (Å²) in [5.41, 5.74) is 2.07. The first kappa shape index (κ1) is 14.4. The smallest absolute Gasteiger partial charge is 0.231 e. The van der Waals surface area contributed by atoms with Crippen molar-refractivity contribution < 1.29 is 9.47 Å². The molecule has 1 aliphatic rings. The van der Waals surface area contributed by atoms with Gasteiger partial charge in [0.25, 0.3) is 0 Å². The van der Waals surface area contributed by atoms with E-state index in [-0.39, 0.29) is 6.79 Å². The first-order valence-electron chi connectivity index (χ1n) is 6.40. The average molecular weight is 412 g/mol. The second kappa shape index (κ2) is 6.48. The van der Waals surface area contributed by atoms with Gasteiger partial charge in [-0.25, -0.2) is 0 Å². The van der Waals surface area contributed by atoms with E-state index in [1.165, 1.54) is 9.13 Å². The zero-order valence-electron chi connectivity index (χ0n) is 11.1. The van der Waals surface area contributed by atoms with Gasteiger partial charge >= 0.3 is 0 Å². The molecular formula is C15H13IN2O2S. The number of halogens is 1. The molecule has 108 valence electrons. The highest BCUT2D eigenvalue weighted by molar-refractivity contribution is 14.1. The lowest BCUT2D eigenvalue weighted by molar-refractivity contribution is 0.174. The lowest BCUT2D eigenvalue weighted by Gasteiger charge is -2.11. The number of rotatable bonds is 3. The molecule has 2 aromatic rings. The van der Waals surface area contributed by atoms with Gasteiger partial charge in [-0.15, -0.1) is 0 Å². The second-order valence-corrected chi connectivity index (χ2v) is 6.16. The summed E-state index contributed by atoms with van der Waals surface area (Å²) in [6.07, 6.45) is 0. The molecule has 0 aromatic heterocycles. The monoisotopic (exact) mass is 412 g/mol. The summed E-state index contributed by atoms with van der Waals surface area (Å²) in [5.74, 6) is 1.50. The standard InChI is InChI=1S/C15H13IN2O2S/c16-11-3-1-2-10(6-11)8-17-15(21)18-12-4-5-13-14(7-12)20-9-19-13/h1-7H,8-9H2,(H2,17,18,21). The summed E-state index contributed by atoms with van der Waals surface area (Å²) < 4.78 is 11.8. The summed E-state index contributed by atoms with van der Waals surface area (Å²) in [4.78, 5) is 0. The second-order valence-electron chi connectivity index (χ2n) is 4.51. The van der Waals surface area contributed by atoms with Crippen molar-refractivity contribution >= 4 is 45.6 Å². The minimum Gasteiger partial charge on any atom is -0.454 e. The van der Waals surface area contributed by atoms with Crippen molar-refractivity contribution in [2.45, 2.75) is 6.54 Å². The molecule has 1 aliphatic heterocycles. The lowest BCUT2D eigenvalue weighted by Crippen LogP contribution is -2.27. The third-order valence-electron chi connectivity index (χ3n) is 2.97. The fraction of sp³-hybridized carbons (Fsp3) is 0.133. The van der Waals surface area contributed by atoms with E-state index in [2.05, 4.69) is 51.4 Å². The van der Waals surface area contributed by atoms with Crippen LogP contribution in [0.1, 0.15) is 5.56 Å². The molecule has 3 rings (SSSR count). The van der Waals surface area contributed by atoms with Gasteiger partial charge in [-0.2, -0.15) is 0 Å². The Bertz CT molecular complexity index is 678. The van der Waals surface area contributed by atoms with Gasteiger partial charge in [-0.1, -0.05) is 12.1 Å². The minimum absolute atomic E-state index is 0.272. The van der Waals surface area contributed by atoms with E-state index in [1.807, 2.05) is 24.3 Å². The summed E-state index contributed by atoms with van der Waals surface area (Å²) in [7, 11) is 0. The third kappa shape index (κ3) is 3.76. The van der Waals surface area contributed by atoms with Crippen LogP contribution < -0.4 is 20.1 Å². The Balaban J connectivity index is 1.57. The fourth-order valence-electron chi connectivity index (χ4n) is 1.98. The van der Waals surface area contributed by atoms with Crippen LogP contribution in [0.2, 0.25) is 0 Å². The molecule has 0 fully saturated rings. The van der Waals surface area contributed by atoms with Gasteiger partial charge in [0.1, 0.15) is 0 Å². The van der Waals surface area contributed by atoms with Crippen molar-refractivity contribution in [1.82, 2.24) is 5.32 Å². The molecule has 0 amide bonds. The van der Waals surface area contributed by atoms with Crippen LogP contribution in [-0.4, -0.2) is 11.9 Å². The molecule has 21 heavy (non-hydrogen) atoms. The molecule has 0 aliphatic carbocycles. The predicted octanol–water partition coefficient (Wildman–Crippen LogP) is 3.51. The van der Waals surface area contributed by atoms with Crippen molar-refractivity contribution in [1.29, 1.82) is 0 Å². The molecule has 2 N–H and O–H groups in total. The number of hydrogen-bond donors (Lipinski definition) is 2. The minimum atomic E-state index is 0.272. The molecule has 0 saturated carbocycles. The number of anilines is 1. The normalized spacial score (nSPS) is 12.0. The van der Waals surface area contributed by atoms with Gasteiger partial charge in [0.15, 0.2) is 16.6 Å². The molecule has 0 bridgehead atoms. The maximum atomic E-state index is 5.34. The molecular weight excluding hydrogens is 399 g/mol. The third-order valence-corrected chi connectivity index (χ3v) is 3.89. The highest BCUT2D eigenvalue weighted by atomic mass is 127. The molecule has 6 heteroatoms. The average Bonchev–Trinajstić information content (AvgIpc) is 2.93. The van der Waals surface area contributed by atoms with Crippen LogP contribution in [0, 0.1) is 3.57 Å². The Morgan fingerprint density at radius 1 is 1.14 bits per heavy atom. The molecule has 0 radical (unpaired) electrons. The van der Waals surface area contributed by atoms with Crippen LogP contribution in [0.25, 0.3) is 0 Å². The zero-order chi connectivity index (χ0) is 14.7. The molecule has 0 saturated heterocycles. The largest absolute Gasteiger partial charge is 0.454 e. The molecule has 4 nitrogen and oxygen atoms in total. The van der Waals surface area contributed by atoms with E-state index < -0.39 is 0 Å². The van der Waals surface area contributed by atoms with Gasteiger partial charge in [-0.3, -0.25) is 0 Å². The van der Waals surface area contributed by atoms with E-state index in [0.29, 0.717) is 11.7 Å². The van der Waals surface area contributed by atoms with Gasteiger partial charge in [0.05, 0.1) is 0 Å². The topological polar surface area (TPSA) is 42.5 Å². The molecule has 0 spiro atoms.